The van der Waals surface area contributed by atoms with Gasteiger partial charge in [0.1, 0.15) is 0 Å². The van der Waals surface area contributed by atoms with Gasteiger partial charge in [0.15, 0.2) is 15.8 Å². The van der Waals surface area contributed by atoms with Crippen LogP contribution in [-0.2, 0) is 11.3 Å². The molecule has 0 spiro atoms. The molecule has 7 nitrogen and oxygen atoms in total. The number of amides is 1. The summed E-state index contributed by atoms with van der Waals surface area (Å²) in [5.41, 5.74) is 0.939. The van der Waals surface area contributed by atoms with Crippen LogP contribution in [0.4, 0.5) is 5.13 Å². The van der Waals surface area contributed by atoms with Gasteiger partial charge in [-0.1, -0.05) is 29.2 Å². The first-order chi connectivity index (χ1) is 11.2. The highest BCUT2D eigenvalue weighted by Crippen LogP contribution is 2.27. The summed E-state index contributed by atoms with van der Waals surface area (Å²) in [5.74, 6) is 1.54. The first-order valence-corrected chi connectivity index (χ1v) is 8.58. The number of hydrogen-bond acceptors (Lipinski definition) is 8. The Bertz CT molecular complexity index is 663. The maximum Gasteiger partial charge on any atom is 0.230 e. The maximum atomic E-state index is 11.9. The monoisotopic (exact) mass is 354 g/mol. The Labute approximate surface area is 142 Å². The van der Waals surface area contributed by atoms with Gasteiger partial charge in [0, 0.05) is 13.6 Å². The van der Waals surface area contributed by atoms with Crippen LogP contribution in [0.5, 0.6) is 11.5 Å². The molecule has 1 amide bonds. The van der Waals surface area contributed by atoms with Crippen LogP contribution in [0.15, 0.2) is 22.5 Å². The zero-order chi connectivity index (χ0) is 16.7. The van der Waals surface area contributed by atoms with Gasteiger partial charge in [-0.15, -0.1) is 10.2 Å². The molecule has 0 aliphatic heterocycles. The standard InChI is InChI=1S/C14H18N4O3S2/c1-15-13-17-18-14(23-13)22-8-12(19)16-7-9-4-5-10(20-2)11(6-9)21-3/h4-6H,7-8H2,1-3H3,(H,15,17)(H,16,19). The summed E-state index contributed by atoms with van der Waals surface area (Å²) in [6.07, 6.45) is 0. The number of ether oxygens (including phenoxy) is 2. The van der Waals surface area contributed by atoms with Crippen LogP contribution in [0, 0.1) is 0 Å². The number of benzene rings is 1. The Morgan fingerprint density at radius 3 is 2.70 bits per heavy atom. The molecule has 23 heavy (non-hydrogen) atoms. The molecule has 0 aliphatic rings. The molecule has 1 aromatic heterocycles. The van der Waals surface area contributed by atoms with Crippen molar-refractivity contribution in [3.63, 3.8) is 0 Å². The molecule has 0 fully saturated rings. The number of anilines is 1. The van der Waals surface area contributed by atoms with Gasteiger partial charge in [-0.3, -0.25) is 4.79 Å². The number of aromatic nitrogens is 2. The molecule has 9 heteroatoms. The summed E-state index contributed by atoms with van der Waals surface area (Å²) >= 11 is 2.78. The van der Waals surface area contributed by atoms with Crippen molar-refractivity contribution in [2.75, 3.05) is 32.3 Å². The van der Waals surface area contributed by atoms with Crippen molar-refractivity contribution < 1.29 is 14.3 Å². The third-order valence-electron chi connectivity index (χ3n) is 2.88. The summed E-state index contributed by atoms with van der Waals surface area (Å²) in [7, 11) is 4.95. The molecule has 2 aromatic rings. The number of hydrogen-bond donors (Lipinski definition) is 2. The first kappa shape index (κ1) is 17.4. The molecule has 0 saturated heterocycles. The lowest BCUT2D eigenvalue weighted by atomic mass is 10.2. The average molecular weight is 354 g/mol. The molecule has 0 bridgehead atoms. The summed E-state index contributed by atoms with van der Waals surface area (Å²) < 4.78 is 11.2. The first-order valence-electron chi connectivity index (χ1n) is 6.78. The Morgan fingerprint density at radius 2 is 2.04 bits per heavy atom. The van der Waals surface area contributed by atoms with E-state index in [9.17, 15) is 4.79 Å². The fraction of sp³-hybridized carbons (Fsp3) is 0.357. The molecular weight excluding hydrogens is 336 g/mol. The third-order valence-corrected chi connectivity index (χ3v) is 4.96. The van der Waals surface area contributed by atoms with Gasteiger partial charge in [-0.2, -0.15) is 0 Å². The molecule has 0 unspecified atom stereocenters. The molecule has 1 heterocycles. The van der Waals surface area contributed by atoms with Crippen molar-refractivity contribution in [1.29, 1.82) is 0 Å². The molecule has 124 valence electrons. The maximum absolute atomic E-state index is 11.9. The van der Waals surface area contributed by atoms with Gasteiger partial charge in [0.25, 0.3) is 0 Å². The Kier molecular flexibility index (Phi) is 6.48. The van der Waals surface area contributed by atoms with Gasteiger partial charge in [-0.25, -0.2) is 0 Å². The van der Waals surface area contributed by atoms with Gasteiger partial charge >= 0.3 is 0 Å². The number of methoxy groups -OCH3 is 2. The number of thioether (sulfide) groups is 1. The lowest BCUT2D eigenvalue weighted by Gasteiger charge is -2.10. The number of rotatable bonds is 8. The quantitative estimate of drug-likeness (QED) is 0.701. The topological polar surface area (TPSA) is 85.4 Å². The highest BCUT2D eigenvalue weighted by Gasteiger charge is 2.09. The average Bonchev–Trinajstić information content (AvgIpc) is 3.05. The third kappa shape index (κ3) is 5.00. The Hall–Kier alpha value is -2.00. The van der Waals surface area contributed by atoms with Crippen LogP contribution >= 0.6 is 23.1 Å². The van der Waals surface area contributed by atoms with E-state index >= 15 is 0 Å². The van der Waals surface area contributed by atoms with E-state index in [1.165, 1.54) is 23.1 Å². The van der Waals surface area contributed by atoms with Gasteiger partial charge < -0.3 is 20.1 Å². The fourth-order valence-corrected chi connectivity index (χ4v) is 3.27. The van der Waals surface area contributed by atoms with Gasteiger partial charge in [0.2, 0.25) is 11.0 Å². The summed E-state index contributed by atoms with van der Waals surface area (Å²) in [4.78, 5) is 11.9. The van der Waals surface area contributed by atoms with Crippen LogP contribution in [0.3, 0.4) is 0 Å². The number of nitrogens with zero attached hydrogens (tertiary/aromatic N) is 2. The SMILES string of the molecule is CNc1nnc(SCC(=O)NCc2ccc(OC)c(OC)c2)s1. The van der Waals surface area contributed by atoms with Crippen molar-refractivity contribution in [2.24, 2.45) is 0 Å². The molecule has 2 rings (SSSR count). The molecule has 0 atom stereocenters. The van der Waals surface area contributed by atoms with E-state index < -0.39 is 0 Å². The van der Waals surface area contributed by atoms with Crippen LogP contribution in [0.2, 0.25) is 0 Å². The molecule has 0 saturated carbocycles. The largest absolute Gasteiger partial charge is 0.493 e. The molecule has 1 aromatic carbocycles. The summed E-state index contributed by atoms with van der Waals surface area (Å²) in [6.45, 7) is 0.428. The molecular formula is C14H18N4O3S2. The minimum atomic E-state index is -0.0639. The van der Waals surface area contributed by atoms with Crippen molar-refractivity contribution in [2.45, 2.75) is 10.9 Å². The minimum Gasteiger partial charge on any atom is -0.493 e. The number of carbonyl (C=O) groups is 1. The van der Waals surface area contributed by atoms with E-state index in [1.807, 2.05) is 18.2 Å². The van der Waals surface area contributed by atoms with Crippen molar-refractivity contribution in [1.82, 2.24) is 15.5 Å². The van der Waals surface area contributed by atoms with Crippen LogP contribution in [0.25, 0.3) is 0 Å². The van der Waals surface area contributed by atoms with Crippen LogP contribution in [0.1, 0.15) is 5.56 Å². The minimum absolute atomic E-state index is 0.0639. The normalized spacial score (nSPS) is 10.2. The van der Waals surface area contributed by atoms with E-state index in [-0.39, 0.29) is 5.91 Å². The van der Waals surface area contributed by atoms with E-state index in [0.717, 1.165) is 15.0 Å². The van der Waals surface area contributed by atoms with Crippen LogP contribution < -0.4 is 20.1 Å². The van der Waals surface area contributed by atoms with Crippen molar-refractivity contribution in [3.8, 4) is 11.5 Å². The van der Waals surface area contributed by atoms with Crippen molar-refractivity contribution in [3.05, 3.63) is 23.8 Å². The van der Waals surface area contributed by atoms with Gasteiger partial charge in [-0.05, 0) is 17.7 Å². The zero-order valence-electron chi connectivity index (χ0n) is 13.1. The number of carbonyl (C=O) groups excluding carboxylic acids is 1. The molecule has 2 N–H and O–H groups in total. The predicted molar refractivity (Wildman–Crippen MR) is 91.6 cm³/mol. The second-order valence-corrected chi connectivity index (χ2v) is 6.58. The second kappa shape index (κ2) is 8.59. The Balaban J connectivity index is 1.82. The highest BCUT2D eigenvalue weighted by atomic mass is 32.2. The van der Waals surface area contributed by atoms with E-state index in [0.29, 0.717) is 23.8 Å². The van der Waals surface area contributed by atoms with E-state index in [1.54, 1.807) is 21.3 Å². The molecule has 0 aliphatic carbocycles. The lowest BCUT2D eigenvalue weighted by molar-refractivity contribution is -0.118. The summed E-state index contributed by atoms with van der Waals surface area (Å²) in [5, 5.41) is 14.4. The lowest BCUT2D eigenvalue weighted by Crippen LogP contribution is -2.24. The van der Waals surface area contributed by atoms with Crippen molar-refractivity contribution >= 4 is 34.1 Å². The zero-order valence-corrected chi connectivity index (χ0v) is 14.7. The predicted octanol–water partition coefficient (Wildman–Crippen LogP) is 2.01. The smallest absolute Gasteiger partial charge is 0.230 e. The van der Waals surface area contributed by atoms with Crippen LogP contribution in [-0.4, -0.2) is 43.1 Å². The second-order valence-electron chi connectivity index (χ2n) is 4.38. The van der Waals surface area contributed by atoms with E-state index in [2.05, 4.69) is 20.8 Å². The number of nitrogens with one attached hydrogen (secondary N) is 2. The highest BCUT2D eigenvalue weighted by molar-refractivity contribution is 8.01. The summed E-state index contributed by atoms with van der Waals surface area (Å²) in [6, 6.07) is 5.55. The fourth-order valence-electron chi connectivity index (χ4n) is 1.74. The molecule has 0 radical (unpaired) electrons. The van der Waals surface area contributed by atoms with Gasteiger partial charge in [0.05, 0.1) is 20.0 Å². The van der Waals surface area contributed by atoms with E-state index in [4.69, 9.17) is 9.47 Å². The Morgan fingerprint density at radius 1 is 1.26 bits per heavy atom.